The number of amides is 1. The molecule has 2 N–H and O–H groups in total. The molecule has 1 aromatic carbocycles. The minimum atomic E-state index is -0.170. The van der Waals surface area contributed by atoms with Gasteiger partial charge in [0.05, 0.1) is 13.2 Å². The second-order valence-corrected chi connectivity index (χ2v) is 6.27. The Morgan fingerprint density at radius 3 is 2.77 bits per heavy atom. The lowest BCUT2D eigenvalue weighted by molar-refractivity contribution is -0.123. The molecule has 2 rings (SSSR count). The fourth-order valence-electron chi connectivity index (χ4n) is 3.07. The van der Waals surface area contributed by atoms with Crippen LogP contribution in [0.3, 0.4) is 0 Å². The summed E-state index contributed by atoms with van der Waals surface area (Å²) in [6.07, 6.45) is 3.57. The number of nitrogens with one attached hydrogen (secondary N) is 1. The van der Waals surface area contributed by atoms with E-state index in [9.17, 15) is 9.90 Å². The van der Waals surface area contributed by atoms with Gasteiger partial charge in [0.2, 0.25) is 5.91 Å². The lowest BCUT2D eigenvalue weighted by Gasteiger charge is -2.37. The van der Waals surface area contributed by atoms with Crippen molar-refractivity contribution in [3.63, 3.8) is 0 Å². The van der Waals surface area contributed by atoms with Crippen molar-refractivity contribution in [3.05, 3.63) is 29.3 Å². The minimum Gasteiger partial charge on any atom is -0.496 e. The predicted molar refractivity (Wildman–Crippen MR) is 87.0 cm³/mol. The largest absolute Gasteiger partial charge is 0.496 e. The molecule has 22 heavy (non-hydrogen) atoms. The molecule has 1 aromatic rings. The molecule has 1 saturated carbocycles. The maximum Gasteiger partial charge on any atom is 0.220 e. The molecular formula is C18H27NO3. The lowest BCUT2D eigenvalue weighted by Crippen LogP contribution is -2.46. The summed E-state index contributed by atoms with van der Waals surface area (Å²) in [4.78, 5) is 12.1. The smallest absolute Gasteiger partial charge is 0.220 e. The summed E-state index contributed by atoms with van der Waals surface area (Å²) in [7, 11) is 1.66. The van der Waals surface area contributed by atoms with Crippen molar-refractivity contribution in [1.82, 2.24) is 5.32 Å². The lowest BCUT2D eigenvalue weighted by atomic mass is 9.76. The molecular weight excluding hydrogens is 278 g/mol. The second kappa shape index (κ2) is 7.63. The van der Waals surface area contributed by atoms with Crippen LogP contribution < -0.4 is 10.1 Å². The molecule has 1 amide bonds. The van der Waals surface area contributed by atoms with Gasteiger partial charge >= 0.3 is 0 Å². The summed E-state index contributed by atoms with van der Waals surface area (Å²) < 4.78 is 5.31. The van der Waals surface area contributed by atoms with Crippen LogP contribution in [0.1, 0.15) is 43.7 Å². The van der Waals surface area contributed by atoms with Crippen LogP contribution in [-0.2, 0) is 11.2 Å². The fraction of sp³-hybridized carbons (Fsp3) is 0.611. The zero-order valence-electron chi connectivity index (χ0n) is 13.8. The number of benzene rings is 1. The third-order valence-corrected chi connectivity index (χ3v) is 4.62. The van der Waals surface area contributed by atoms with Crippen molar-refractivity contribution in [2.24, 2.45) is 5.92 Å². The average Bonchev–Trinajstić information content (AvgIpc) is 2.49. The molecule has 1 aliphatic rings. The molecule has 1 aliphatic carbocycles. The molecule has 0 radical (unpaired) electrons. The number of carbonyl (C=O) groups is 1. The highest BCUT2D eigenvalue weighted by Gasteiger charge is 2.33. The first kappa shape index (κ1) is 16.8. The van der Waals surface area contributed by atoms with E-state index in [-0.39, 0.29) is 18.1 Å². The maximum atomic E-state index is 12.1. The van der Waals surface area contributed by atoms with E-state index in [1.165, 1.54) is 0 Å². The topological polar surface area (TPSA) is 58.6 Å². The van der Waals surface area contributed by atoms with Crippen LogP contribution in [0.15, 0.2) is 18.2 Å². The molecule has 0 saturated heterocycles. The molecule has 0 aromatic heterocycles. The van der Waals surface area contributed by atoms with Crippen molar-refractivity contribution in [1.29, 1.82) is 0 Å². The van der Waals surface area contributed by atoms with E-state index in [0.717, 1.165) is 36.1 Å². The summed E-state index contributed by atoms with van der Waals surface area (Å²) in [5.74, 6) is 1.39. The molecule has 0 aliphatic heterocycles. The SMILES string of the molecule is CC[C@H](NC(=O)CCc1ccc(C)c(OC)c1)C1CC(O)C1. The van der Waals surface area contributed by atoms with Gasteiger partial charge in [-0.2, -0.15) is 0 Å². The molecule has 0 spiro atoms. The monoisotopic (exact) mass is 305 g/mol. The van der Waals surface area contributed by atoms with Crippen LogP contribution in [0, 0.1) is 12.8 Å². The van der Waals surface area contributed by atoms with Crippen molar-refractivity contribution in [2.75, 3.05) is 7.11 Å². The number of hydrogen-bond donors (Lipinski definition) is 2. The molecule has 4 heteroatoms. The molecule has 122 valence electrons. The number of hydrogen-bond acceptors (Lipinski definition) is 3. The van der Waals surface area contributed by atoms with Crippen molar-refractivity contribution in [3.8, 4) is 5.75 Å². The number of ether oxygens (including phenoxy) is 1. The summed E-state index contributed by atoms with van der Waals surface area (Å²) >= 11 is 0. The number of methoxy groups -OCH3 is 1. The number of aliphatic hydroxyl groups excluding tert-OH is 1. The fourth-order valence-corrected chi connectivity index (χ4v) is 3.07. The van der Waals surface area contributed by atoms with Gasteiger partial charge in [-0.3, -0.25) is 4.79 Å². The Kier molecular flexibility index (Phi) is 5.83. The van der Waals surface area contributed by atoms with Gasteiger partial charge in [0.25, 0.3) is 0 Å². The highest BCUT2D eigenvalue weighted by atomic mass is 16.5. The first-order valence-corrected chi connectivity index (χ1v) is 8.14. The summed E-state index contributed by atoms with van der Waals surface area (Å²) in [6.45, 7) is 4.09. The zero-order chi connectivity index (χ0) is 16.1. The minimum absolute atomic E-state index is 0.0905. The second-order valence-electron chi connectivity index (χ2n) is 6.27. The zero-order valence-corrected chi connectivity index (χ0v) is 13.8. The summed E-state index contributed by atoms with van der Waals surface area (Å²) in [6, 6.07) is 6.27. The van der Waals surface area contributed by atoms with Gasteiger partial charge in [0.1, 0.15) is 5.75 Å². The van der Waals surface area contributed by atoms with E-state index >= 15 is 0 Å². The van der Waals surface area contributed by atoms with Crippen LogP contribution in [0.4, 0.5) is 0 Å². The van der Waals surface area contributed by atoms with Gasteiger partial charge in [-0.05, 0) is 55.7 Å². The number of carbonyl (C=O) groups excluding carboxylic acids is 1. The van der Waals surface area contributed by atoms with E-state index in [1.54, 1.807) is 7.11 Å². The first-order valence-electron chi connectivity index (χ1n) is 8.14. The Labute approximate surface area is 132 Å². The number of aryl methyl sites for hydroxylation is 2. The Morgan fingerprint density at radius 1 is 1.45 bits per heavy atom. The van der Waals surface area contributed by atoms with Gasteiger partial charge in [-0.15, -0.1) is 0 Å². The van der Waals surface area contributed by atoms with E-state index in [1.807, 2.05) is 25.1 Å². The predicted octanol–water partition coefficient (Wildman–Crippen LogP) is 2.60. The van der Waals surface area contributed by atoms with E-state index in [4.69, 9.17) is 4.74 Å². The molecule has 0 unspecified atom stereocenters. The summed E-state index contributed by atoms with van der Waals surface area (Å²) in [5.41, 5.74) is 2.22. The Balaban J connectivity index is 1.82. The van der Waals surface area contributed by atoms with Crippen LogP contribution in [-0.4, -0.2) is 30.3 Å². The Bertz CT molecular complexity index is 509. The third kappa shape index (κ3) is 4.23. The van der Waals surface area contributed by atoms with Gasteiger partial charge in [0, 0.05) is 12.5 Å². The van der Waals surface area contributed by atoms with Gasteiger partial charge in [-0.25, -0.2) is 0 Å². The highest BCUT2D eigenvalue weighted by molar-refractivity contribution is 5.76. The van der Waals surface area contributed by atoms with Crippen molar-refractivity contribution in [2.45, 2.75) is 58.1 Å². The highest BCUT2D eigenvalue weighted by Crippen LogP contribution is 2.31. The van der Waals surface area contributed by atoms with Gasteiger partial charge in [0.15, 0.2) is 0 Å². The quantitative estimate of drug-likeness (QED) is 0.814. The van der Waals surface area contributed by atoms with Crippen LogP contribution in [0.5, 0.6) is 5.75 Å². The maximum absolute atomic E-state index is 12.1. The van der Waals surface area contributed by atoms with Crippen LogP contribution in [0.2, 0.25) is 0 Å². The van der Waals surface area contributed by atoms with Crippen LogP contribution >= 0.6 is 0 Å². The van der Waals surface area contributed by atoms with Gasteiger partial charge < -0.3 is 15.2 Å². The molecule has 0 bridgehead atoms. The Morgan fingerprint density at radius 2 is 2.18 bits per heavy atom. The Hall–Kier alpha value is -1.55. The van der Waals surface area contributed by atoms with Gasteiger partial charge in [-0.1, -0.05) is 19.1 Å². The number of aliphatic hydroxyl groups is 1. The van der Waals surface area contributed by atoms with Crippen molar-refractivity contribution >= 4 is 5.91 Å². The number of rotatable bonds is 7. The van der Waals surface area contributed by atoms with E-state index in [2.05, 4.69) is 12.2 Å². The molecule has 1 atom stereocenters. The third-order valence-electron chi connectivity index (χ3n) is 4.62. The molecule has 0 heterocycles. The summed E-state index contributed by atoms with van der Waals surface area (Å²) in [5, 5.41) is 12.5. The average molecular weight is 305 g/mol. The normalized spacial score (nSPS) is 21.8. The van der Waals surface area contributed by atoms with Crippen molar-refractivity contribution < 1.29 is 14.6 Å². The molecule has 1 fully saturated rings. The van der Waals surface area contributed by atoms with Crippen LogP contribution in [0.25, 0.3) is 0 Å². The van der Waals surface area contributed by atoms with E-state index in [0.29, 0.717) is 18.8 Å². The van der Waals surface area contributed by atoms with E-state index < -0.39 is 0 Å². The molecule has 4 nitrogen and oxygen atoms in total. The standard InChI is InChI=1S/C18H27NO3/c1-4-16(14-10-15(20)11-14)19-18(21)8-7-13-6-5-12(2)17(9-13)22-3/h5-6,9,14-16,20H,4,7-8,10-11H2,1-3H3,(H,19,21)/t14?,15?,16-/m0/s1. The first-order chi connectivity index (χ1) is 10.5.